The topological polar surface area (TPSA) is 57.6 Å². The number of imide groups is 1. The van der Waals surface area contributed by atoms with Crippen LogP contribution < -0.4 is 0 Å². The molecule has 1 heterocycles. The lowest BCUT2D eigenvalue weighted by molar-refractivity contribution is -0.123. The molecule has 1 fully saturated rings. The largest absolute Gasteiger partial charge is 0.507 e. The van der Waals surface area contributed by atoms with Gasteiger partial charge < -0.3 is 5.11 Å². The maximum atomic E-state index is 13.8. The Balaban J connectivity index is 1.87. The molecule has 25 heavy (non-hydrogen) atoms. The minimum atomic E-state index is -0.449. The number of carbonyl (C=O) groups is 2. The molecule has 0 spiro atoms. The number of benzene rings is 2. The maximum Gasteiger partial charge on any atom is 0.293 e. The predicted octanol–water partition coefficient (Wildman–Crippen LogP) is 4.38. The maximum absolute atomic E-state index is 13.8. The van der Waals surface area contributed by atoms with Crippen molar-refractivity contribution in [1.29, 1.82) is 0 Å². The van der Waals surface area contributed by atoms with Gasteiger partial charge in [0.15, 0.2) is 0 Å². The van der Waals surface area contributed by atoms with Gasteiger partial charge in [-0.1, -0.05) is 18.2 Å². The van der Waals surface area contributed by atoms with Crippen LogP contribution in [0.15, 0.2) is 41.3 Å². The van der Waals surface area contributed by atoms with Gasteiger partial charge in [0.05, 0.1) is 11.4 Å². The number of phenolic OH excluding ortho intramolecular Hbond substituents is 1. The summed E-state index contributed by atoms with van der Waals surface area (Å²) in [7, 11) is 0. The van der Waals surface area contributed by atoms with Crippen LogP contribution in [0.5, 0.6) is 5.75 Å². The molecular weight excluding hydrogens is 341 g/mol. The number of aromatic hydroxyl groups is 1. The lowest BCUT2D eigenvalue weighted by Crippen LogP contribution is -2.27. The molecule has 2 aromatic carbocycles. The van der Waals surface area contributed by atoms with E-state index < -0.39 is 17.0 Å². The molecule has 0 unspecified atom stereocenters. The van der Waals surface area contributed by atoms with E-state index in [9.17, 15) is 19.1 Å². The summed E-state index contributed by atoms with van der Waals surface area (Å²) in [6.07, 6.45) is 1.62. The van der Waals surface area contributed by atoms with Crippen molar-refractivity contribution >= 4 is 29.0 Å². The number of hydrogen-bond donors (Lipinski definition) is 1. The highest BCUT2D eigenvalue weighted by molar-refractivity contribution is 8.18. The number of nitrogens with zero attached hydrogens (tertiary/aromatic N) is 1. The van der Waals surface area contributed by atoms with Gasteiger partial charge in [0.25, 0.3) is 11.1 Å². The normalized spacial score (nSPS) is 16.1. The average Bonchev–Trinajstić information content (AvgIpc) is 2.82. The third kappa shape index (κ3) is 3.44. The molecule has 1 N–H and O–H groups in total. The first-order chi connectivity index (χ1) is 11.9. The van der Waals surface area contributed by atoms with Crippen LogP contribution in [-0.2, 0) is 11.3 Å². The third-order valence-corrected chi connectivity index (χ3v) is 4.88. The fourth-order valence-corrected chi connectivity index (χ4v) is 3.50. The molecule has 6 heteroatoms. The highest BCUT2D eigenvalue weighted by Gasteiger charge is 2.35. The second kappa shape index (κ2) is 6.72. The van der Waals surface area contributed by atoms with E-state index >= 15 is 0 Å². The molecule has 1 aliphatic rings. The Morgan fingerprint density at radius 1 is 1.16 bits per heavy atom. The van der Waals surface area contributed by atoms with Crippen LogP contribution in [0, 0.1) is 19.7 Å². The molecule has 4 nitrogen and oxygen atoms in total. The molecule has 128 valence electrons. The molecule has 0 aromatic heterocycles. The molecule has 1 aliphatic heterocycles. The molecular formula is C19H16FNO3S. The number of rotatable bonds is 3. The van der Waals surface area contributed by atoms with Crippen LogP contribution in [0.2, 0.25) is 0 Å². The van der Waals surface area contributed by atoms with E-state index in [2.05, 4.69) is 0 Å². The second-order valence-corrected chi connectivity index (χ2v) is 6.86. The summed E-state index contributed by atoms with van der Waals surface area (Å²) < 4.78 is 13.8. The quantitative estimate of drug-likeness (QED) is 0.828. The van der Waals surface area contributed by atoms with E-state index in [1.807, 2.05) is 0 Å². The number of amides is 2. The number of aryl methyl sites for hydroxylation is 2. The van der Waals surface area contributed by atoms with Gasteiger partial charge in [-0.25, -0.2) is 4.39 Å². The van der Waals surface area contributed by atoms with E-state index in [0.717, 1.165) is 22.2 Å². The fourth-order valence-electron chi connectivity index (χ4n) is 2.66. The van der Waals surface area contributed by atoms with Gasteiger partial charge in [-0.15, -0.1) is 0 Å². The minimum Gasteiger partial charge on any atom is -0.507 e. The first kappa shape index (κ1) is 17.2. The Kier molecular flexibility index (Phi) is 4.63. The Bertz CT molecular complexity index is 884. The molecule has 0 bridgehead atoms. The van der Waals surface area contributed by atoms with Crippen molar-refractivity contribution in [3.8, 4) is 5.75 Å². The number of phenols is 1. The standard InChI is InChI=1S/C19H16FNO3S/c1-11-7-13(8-12(2)17(11)22)9-16-18(23)21(19(24)25-16)10-14-5-3-4-6-15(14)20/h3-9,22H,10H2,1-2H3. The highest BCUT2D eigenvalue weighted by atomic mass is 32.2. The summed E-state index contributed by atoms with van der Waals surface area (Å²) in [6.45, 7) is 3.44. The number of halogens is 1. The van der Waals surface area contributed by atoms with Crippen molar-refractivity contribution in [1.82, 2.24) is 4.90 Å². The third-order valence-electron chi connectivity index (χ3n) is 3.97. The van der Waals surface area contributed by atoms with Crippen molar-refractivity contribution in [3.05, 3.63) is 69.4 Å². The molecule has 3 rings (SSSR count). The van der Waals surface area contributed by atoms with Gasteiger partial charge in [0.2, 0.25) is 0 Å². The summed E-state index contributed by atoms with van der Waals surface area (Å²) in [4.78, 5) is 26.0. The molecule has 1 saturated heterocycles. The van der Waals surface area contributed by atoms with Crippen molar-refractivity contribution in [2.75, 3.05) is 0 Å². The van der Waals surface area contributed by atoms with Gasteiger partial charge >= 0.3 is 0 Å². The van der Waals surface area contributed by atoms with Crippen LogP contribution in [0.25, 0.3) is 6.08 Å². The number of thioether (sulfide) groups is 1. The van der Waals surface area contributed by atoms with Crippen LogP contribution in [0.3, 0.4) is 0 Å². The first-order valence-corrected chi connectivity index (χ1v) is 8.47. The Labute approximate surface area is 149 Å². The van der Waals surface area contributed by atoms with Gasteiger partial charge in [-0.05, 0) is 66.6 Å². The summed E-state index contributed by atoms with van der Waals surface area (Å²) in [5.41, 5.74) is 2.40. The molecule has 0 saturated carbocycles. The van der Waals surface area contributed by atoms with Crippen molar-refractivity contribution in [2.24, 2.45) is 0 Å². The summed E-state index contributed by atoms with van der Waals surface area (Å²) in [5.74, 6) is -0.679. The monoisotopic (exact) mass is 357 g/mol. The van der Waals surface area contributed by atoms with E-state index in [1.165, 1.54) is 6.07 Å². The van der Waals surface area contributed by atoms with Gasteiger partial charge in [-0.2, -0.15) is 0 Å². The van der Waals surface area contributed by atoms with Crippen molar-refractivity contribution < 1.29 is 19.1 Å². The Morgan fingerprint density at radius 3 is 2.44 bits per heavy atom. The lowest BCUT2D eigenvalue weighted by atomic mass is 10.1. The predicted molar refractivity (Wildman–Crippen MR) is 95.5 cm³/mol. The second-order valence-electron chi connectivity index (χ2n) is 5.86. The minimum absolute atomic E-state index is 0.0949. The van der Waals surface area contributed by atoms with Crippen LogP contribution in [-0.4, -0.2) is 21.2 Å². The zero-order valence-corrected chi connectivity index (χ0v) is 14.6. The zero-order valence-electron chi connectivity index (χ0n) is 13.7. The van der Waals surface area contributed by atoms with E-state index in [0.29, 0.717) is 16.7 Å². The summed E-state index contributed by atoms with van der Waals surface area (Å²) >= 11 is 0.831. The fraction of sp³-hybridized carbons (Fsp3) is 0.158. The molecule has 0 aliphatic carbocycles. The Morgan fingerprint density at radius 2 is 1.80 bits per heavy atom. The van der Waals surface area contributed by atoms with Crippen molar-refractivity contribution in [2.45, 2.75) is 20.4 Å². The SMILES string of the molecule is Cc1cc(C=C2SC(=O)N(Cc3ccccc3F)C2=O)cc(C)c1O. The molecule has 0 atom stereocenters. The number of hydrogen-bond acceptors (Lipinski definition) is 4. The van der Waals surface area contributed by atoms with Crippen LogP contribution in [0.1, 0.15) is 22.3 Å². The molecule has 2 amide bonds. The molecule has 2 aromatic rings. The van der Waals surface area contributed by atoms with E-state index in [1.54, 1.807) is 50.3 Å². The molecule has 0 radical (unpaired) electrons. The van der Waals surface area contributed by atoms with Gasteiger partial charge in [0.1, 0.15) is 11.6 Å². The van der Waals surface area contributed by atoms with Gasteiger partial charge in [-0.3, -0.25) is 14.5 Å². The van der Waals surface area contributed by atoms with E-state index in [4.69, 9.17) is 0 Å². The lowest BCUT2D eigenvalue weighted by Gasteiger charge is -2.12. The number of carbonyl (C=O) groups excluding carboxylic acids is 2. The summed E-state index contributed by atoms with van der Waals surface area (Å²) in [5, 5.41) is 9.40. The Hall–Kier alpha value is -2.60. The highest BCUT2D eigenvalue weighted by Crippen LogP contribution is 2.34. The van der Waals surface area contributed by atoms with Crippen LogP contribution >= 0.6 is 11.8 Å². The first-order valence-electron chi connectivity index (χ1n) is 7.66. The van der Waals surface area contributed by atoms with E-state index in [-0.39, 0.29) is 17.2 Å². The summed E-state index contributed by atoms with van der Waals surface area (Å²) in [6, 6.07) is 9.55. The van der Waals surface area contributed by atoms with Crippen molar-refractivity contribution in [3.63, 3.8) is 0 Å². The zero-order chi connectivity index (χ0) is 18.1. The smallest absolute Gasteiger partial charge is 0.293 e. The van der Waals surface area contributed by atoms with Gasteiger partial charge in [0, 0.05) is 5.56 Å². The van der Waals surface area contributed by atoms with Crippen LogP contribution in [0.4, 0.5) is 9.18 Å². The average molecular weight is 357 g/mol.